The summed E-state index contributed by atoms with van der Waals surface area (Å²) in [5, 5.41) is 0.0862. The van der Waals surface area contributed by atoms with Crippen LogP contribution in [0.25, 0.3) is 0 Å². The quantitative estimate of drug-likeness (QED) is 0.240. The lowest BCUT2D eigenvalue weighted by Gasteiger charge is -2.47. The van der Waals surface area contributed by atoms with Crippen LogP contribution in [0.15, 0.2) is 0 Å². The average Bonchev–Trinajstić information content (AvgIpc) is 3.43. The van der Waals surface area contributed by atoms with Crippen LogP contribution in [-0.2, 0) is 27.9 Å². The second-order valence-corrected chi connectivity index (χ2v) is 24.5. The van der Waals surface area contributed by atoms with Crippen LogP contribution >= 0.6 is 0 Å². The smallest absolute Gasteiger partial charge is 0.253 e. The monoisotopic (exact) mass is 559 g/mol. The molecule has 0 spiro atoms. The molecule has 218 valence electrons. The molecule has 0 aliphatic carbocycles. The number of carbonyl (C=O) groups is 1. The number of epoxide rings is 1. The van der Waals surface area contributed by atoms with Gasteiger partial charge in [-0.1, -0.05) is 55.4 Å². The summed E-state index contributed by atoms with van der Waals surface area (Å²) >= 11 is 0. The van der Waals surface area contributed by atoms with Crippen LogP contribution in [0.1, 0.15) is 69.2 Å². The second-order valence-electron chi connectivity index (χ2n) is 15.0. The first-order chi connectivity index (χ1) is 16.4. The number of nitrogens with zero attached hydrogens (tertiary/aromatic N) is 1. The van der Waals surface area contributed by atoms with Crippen molar-refractivity contribution in [2.45, 2.75) is 142 Å². The van der Waals surface area contributed by atoms with Gasteiger partial charge in [0.25, 0.3) is 5.91 Å². The molecule has 2 rings (SSSR count). The van der Waals surface area contributed by atoms with Gasteiger partial charge >= 0.3 is 0 Å². The molecule has 0 aromatic heterocycles. The maximum Gasteiger partial charge on any atom is 0.253 e. The molecule has 0 aromatic carbocycles. The first-order valence-electron chi connectivity index (χ1n) is 14.0. The van der Waals surface area contributed by atoms with Gasteiger partial charge < -0.3 is 28.0 Å². The molecule has 2 heterocycles. The summed E-state index contributed by atoms with van der Waals surface area (Å²) in [7, 11) is -0.753. The zero-order chi connectivity index (χ0) is 28.9. The van der Waals surface area contributed by atoms with Crippen LogP contribution < -0.4 is 0 Å². The number of likely N-dealkylation sites (N-methyl/N-ethyl adjacent to an activating group) is 1. The molecule has 0 N–H and O–H groups in total. The molecule has 2 unspecified atom stereocenters. The Morgan fingerprint density at radius 2 is 1.43 bits per heavy atom. The van der Waals surface area contributed by atoms with Crippen LogP contribution in [0.5, 0.6) is 0 Å². The third kappa shape index (κ3) is 7.67. The number of ether oxygens (including phenoxy) is 3. The van der Waals surface area contributed by atoms with Gasteiger partial charge in [0.15, 0.2) is 28.5 Å². The van der Waals surface area contributed by atoms with Gasteiger partial charge in [0.05, 0.1) is 24.9 Å². The summed E-state index contributed by atoms with van der Waals surface area (Å²) in [5.74, 6) is -0.623. The largest absolute Gasteiger partial charge is 0.413 e. The number of hydrogen-bond donors (Lipinski definition) is 0. The molecule has 7 nitrogen and oxygen atoms in total. The van der Waals surface area contributed by atoms with E-state index in [0.717, 1.165) is 0 Å². The predicted octanol–water partition coefficient (Wildman–Crippen LogP) is 6.05. The lowest BCUT2D eigenvalue weighted by Crippen LogP contribution is -2.56. The summed E-state index contributed by atoms with van der Waals surface area (Å²) in [5.41, 5.74) is 0. The minimum absolute atomic E-state index is 0.0000539. The van der Waals surface area contributed by atoms with Crippen LogP contribution in [0, 0.1) is 11.8 Å². The van der Waals surface area contributed by atoms with Crippen LogP contribution in [0.4, 0.5) is 0 Å². The van der Waals surface area contributed by atoms with Crippen molar-refractivity contribution in [2.24, 2.45) is 11.8 Å². The summed E-state index contributed by atoms with van der Waals surface area (Å²) in [6.45, 7) is 31.5. The highest BCUT2D eigenvalue weighted by Gasteiger charge is 2.56. The van der Waals surface area contributed by atoms with E-state index >= 15 is 0 Å². The van der Waals surface area contributed by atoms with Crippen molar-refractivity contribution in [1.82, 2.24) is 4.90 Å². The molecule has 2 saturated heterocycles. The minimum atomic E-state index is -2.16. The van der Waals surface area contributed by atoms with E-state index in [0.29, 0.717) is 6.61 Å². The molecule has 1 amide bonds. The summed E-state index contributed by atoms with van der Waals surface area (Å²) in [4.78, 5) is 14.3. The molecule has 0 radical (unpaired) electrons. The molecule has 0 saturated carbocycles. The van der Waals surface area contributed by atoms with Gasteiger partial charge in [-0.25, -0.2) is 0 Å². The zero-order valence-corrected chi connectivity index (χ0v) is 28.6. The van der Waals surface area contributed by atoms with E-state index in [4.69, 9.17) is 23.1 Å². The lowest BCUT2D eigenvalue weighted by molar-refractivity contribution is -0.157. The van der Waals surface area contributed by atoms with E-state index in [9.17, 15) is 4.79 Å². The summed E-state index contributed by atoms with van der Waals surface area (Å²) < 4.78 is 32.7. The molecule has 2 fully saturated rings. The summed E-state index contributed by atoms with van der Waals surface area (Å²) in [6, 6.07) is 0. The second kappa shape index (κ2) is 10.9. The van der Waals surface area contributed by atoms with Crippen LogP contribution in [-0.4, -0.2) is 84.5 Å². The van der Waals surface area contributed by atoms with E-state index in [1.807, 2.05) is 13.8 Å². The molecule has 7 atom stereocenters. The van der Waals surface area contributed by atoms with Gasteiger partial charge in [0.1, 0.15) is 6.10 Å². The van der Waals surface area contributed by atoms with Gasteiger partial charge in [-0.2, -0.15) is 0 Å². The Morgan fingerprint density at radius 1 is 0.946 bits per heavy atom. The van der Waals surface area contributed by atoms with E-state index in [2.05, 4.69) is 81.6 Å². The predicted molar refractivity (Wildman–Crippen MR) is 155 cm³/mol. The van der Waals surface area contributed by atoms with E-state index in [-0.39, 0.29) is 52.2 Å². The Labute approximate surface area is 229 Å². The van der Waals surface area contributed by atoms with Crippen molar-refractivity contribution >= 4 is 22.5 Å². The Kier molecular flexibility index (Phi) is 9.73. The van der Waals surface area contributed by atoms with Crippen molar-refractivity contribution in [3.05, 3.63) is 0 Å². The fraction of sp³-hybridized carbons (Fsp3) is 0.964. The highest BCUT2D eigenvalue weighted by Crippen LogP contribution is 2.45. The van der Waals surface area contributed by atoms with E-state index in [1.54, 1.807) is 19.0 Å². The van der Waals surface area contributed by atoms with Crippen molar-refractivity contribution < 1.29 is 27.9 Å². The topological polar surface area (TPSA) is 69.8 Å². The molecule has 9 heteroatoms. The molecular formula is C28H57NO6Si2. The molecule has 2 aliphatic heterocycles. The Morgan fingerprint density at radius 3 is 1.84 bits per heavy atom. The first-order valence-corrected chi connectivity index (χ1v) is 19.8. The summed E-state index contributed by atoms with van der Waals surface area (Å²) in [6.07, 6.45) is -1.14. The van der Waals surface area contributed by atoms with Gasteiger partial charge in [0, 0.05) is 25.9 Å². The third-order valence-corrected chi connectivity index (χ3v) is 18.1. The molecule has 37 heavy (non-hydrogen) atoms. The normalized spacial score (nSPS) is 27.9. The fourth-order valence-corrected chi connectivity index (χ4v) is 7.34. The molecule has 2 aliphatic rings. The molecular weight excluding hydrogens is 502 g/mol. The molecule has 0 aromatic rings. The van der Waals surface area contributed by atoms with Crippen molar-refractivity contribution in [1.29, 1.82) is 0 Å². The zero-order valence-electron chi connectivity index (χ0n) is 26.6. The Hall–Kier alpha value is -0.296. The number of rotatable bonds is 10. The van der Waals surface area contributed by atoms with Crippen molar-refractivity contribution in [3.63, 3.8) is 0 Å². The SMILES string of the molecule is C[C@@H]([C@H](O[Si](C)(C)C(C)(C)C)[C@H](C)C1OC1C(=O)N(C)C)[C@H](O[Si](C)(C)C(C)(C)C)[C@H]1COC(C)(C)O1. The van der Waals surface area contributed by atoms with Gasteiger partial charge in [-0.05, 0) is 50.1 Å². The van der Waals surface area contributed by atoms with Crippen LogP contribution in [0.3, 0.4) is 0 Å². The molecule has 0 bridgehead atoms. The van der Waals surface area contributed by atoms with Gasteiger partial charge in [-0.15, -0.1) is 0 Å². The van der Waals surface area contributed by atoms with Crippen molar-refractivity contribution in [3.8, 4) is 0 Å². The Balaban J connectivity index is 2.47. The van der Waals surface area contributed by atoms with E-state index < -0.39 is 28.5 Å². The van der Waals surface area contributed by atoms with Gasteiger partial charge in [0.2, 0.25) is 0 Å². The highest BCUT2D eigenvalue weighted by molar-refractivity contribution is 6.74. The standard InChI is InChI=1S/C28H57NO6Si2/c1-18(22(20-17-31-28(9,10)33-20)35-37(15,16)27(6,7)8)21(34-36(13,14)26(3,4)5)19(2)23-24(32-23)25(30)29(11)12/h18-24H,17H2,1-16H3/t18-,19-,20+,21-,22-,23?,24?/m0/s1. The maximum atomic E-state index is 12.7. The Bertz CT molecular complexity index is 801. The van der Waals surface area contributed by atoms with Crippen molar-refractivity contribution in [2.75, 3.05) is 20.7 Å². The average molecular weight is 560 g/mol. The maximum absolute atomic E-state index is 12.7. The number of amides is 1. The minimum Gasteiger partial charge on any atom is -0.413 e. The number of carbonyl (C=O) groups excluding carboxylic acids is 1. The highest BCUT2D eigenvalue weighted by atomic mass is 28.4. The van der Waals surface area contributed by atoms with Gasteiger partial charge in [-0.3, -0.25) is 4.79 Å². The van der Waals surface area contributed by atoms with Crippen LogP contribution in [0.2, 0.25) is 36.3 Å². The van der Waals surface area contributed by atoms with E-state index in [1.165, 1.54) is 0 Å². The fourth-order valence-electron chi connectivity index (χ4n) is 4.48. The number of hydrogen-bond acceptors (Lipinski definition) is 6. The lowest BCUT2D eigenvalue weighted by atomic mass is 9.85. The third-order valence-electron chi connectivity index (χ3n) is 9.15. The first kappa shape index (κ1) is 32.9.